The molecule has 78 valence electrons. The molecule has 0 spiro atoms. The van der Waals surface area contributed by atoms with Crippen LogP contribution in [0.1, 0.15) is 18.4 Å². The number of carbonyl (C=O) groups excluding carboxylic acids is 1. The Morgan fingerprint density at radius 1 is 1.40 bits per heavy atom. The zero-order chi connectivity index (χ0) is 11.1. The summed E-state index contributed by atoms with van der Waals surface area (Å²) in [4.78, 5) is 13.8. The van der Waals surface area contributed by atoms with Crippen molar-refractivity contribution in [3.63, 3.8) is 0 Å². The number of benzene rings is 1. The lowest BCUT2D eigenvalue weighted by atomic mass is 10.0. The minimum absolute atomic E-state index is 0.266. The summed E-state index contributed by atoms with van der Waals surface area (Å²) in [6, 6.07) is 2.34. The number of nitrogen functional groups attached to an aromatic ring is 1. The van der Waals surface area contributed by atoms with Crippen LogP contribution in [0, 0.1) is 11.6 Å². The minimum Gasteiger partial charge on any atom is -0.396 e. The van der Waals surface area contributed by atoms with E-state index >= 15 is 0 Å². The predicted molar refractivity (Wildman–Crippen MR) is 49.8 cm³/mol. The molecule has 0 amide bonds. The molecule has 2 rings (SSSR count). The van der Waals surface area contributed by atoms with Crippen LogP contribution in [0.2, 0.25) is 0 Å². The Hall–Kier alpha value is -1.74. The molecule has 5 heteroatoms. The zero-order valence-corrected chi connectivity index (χ0v) is 7.76. The lowest BCUT2D eigenvalue weighted by molar-refractivity contribution is 0.507. The maximum atomic E-state index is 13.0. The van der Waals surface area contributed by atoms with E-state index < -0.39 is 17.2 Å². The molecule has 15 heavy (non-hydrogen) atoms. The summed E-state index contributed by atoms with van der Waals surface area (Å²) in [6.45, 7) is 0. The van der Waals surface area contributed by atoms with Gasteiger partial charge in [-0.25, -0.2) is 13.6 Å². The normalized spacial score (nSPS) is 16.9. The molecular formula is C10H8F2N2O. The highest BCUT2D eigenvalue weighted by atomic mass is 19.2. The first-order chi connectivity index (χ1) is 7.09. The monoisotopic (exact) mass is 210 g/mol. The van der Waals surface area contributed by atoms with Crippen LogP contribution < -0.4 is 5.73 Å². The Kier molecular flexibility index (Phi) is 2.05. The smallest absolute Gasteiger partial charge is 0.235 e. The van der Waals surface area contributed by atoms with Gasteiger partial charge in [-0.05, 0) is 30.5 Å². The van der Waals surface area contributed by atoms with E-state index in [1.165, 1.54) is 12.1 Å². The highest BCUT2D eigenvalue weighted by molar-refractivity contribution is 5.49. The van der Waals surface area contributed by atoms with E-state index in [-0.39, 0.29) is 5.69 Å². The molecule has 0 aliphatic heterocycles. The van der Waals surface area contributed by atoms with Crippen LogP contribution >= 0.6 is 0 Å². The van der Waals surface area contributed by atoms with Crippen LogP contribution in [0.4, 0.5) is 14.5 Å². The van der Waals surface area contributed by atoms with E-state index in [1.807, 2.05) is 0 Å². The highest BCUT2D eigenvalue weighted by Crippen LogP contribution is 2.49. The quantitative estimate of drug-likeness (QED) is 0.460. The number of nitrogens with two attached hydrogens (primary N) is 1. The van der Waals surface area contributed by atoms with Crippen molar-refractivity contribution in [2.24, 2.45) is 4.99 Å². The Balaban J connectivity index is 2.51. The number of halogens is 2. The first-order valence-electron chi connectivity index (χ1n) is 4.43. The van der Waals surface area contributed by atoms with Crippen molar-refractivity contribution in [2.45, 2.75) is 18.4 Å². The third kappa shape index (κ3) is 1.51. The van der Waals surface area contributed by atoms with Gasteiger partial charge in [0.2, 0.25) is 6.08 Å². The second-order valence-corrected chi connectivity index (χ2v) is 3.60. The van der Waals surface area contributed by atoms with E-state index in [2.05, 4.69) is 4.99 Å². The molecule has 2 N–H and O–H groups in total. The van der Waals surface area contributed by atoms with Crippen molar-refractivity contribution in [3.05, 3.63) is 29.3 Å². The number of isocyanates is 1. The topological polar surface area (TPSA) is 55.4 Å². The molecule has 1 aromatic rings. The van der Waals surface area contributed by atoms with Crippen molar-refractivity contribution >= 4 is 11.8 Å². The van der Waals surface area contributed by atoms with E-state index in [0.717, 1.165) is 6.07 Å². The fraction of sp³-hybridized carbons (Fsp3) is 0.300. The zero-order valence-electron chi connectivity index (χ0n) is 7.76. The Morgan fingerprint density at radius 2 is 2.07 bits per heavy atom. The van der Waals surface area contributed by atoms with Gasteiger partial charge in [-0.3, -0.25) is 0 Å². The Labute approximate surface area is 84.6 Å². The maximum absolute atomic E-state index is 13.0. The van der Waals surface area contributed by atoms with Gasteiger partial charge < -0.3 is 5.73 Å². The molecule has 0 unspecified atom stereocenters. The number of hydrogen-bond acceptors (Lipinski definition) is 3. The standard InChI is InChI=1S/C10H8F2N2O/c11-7-3-6(4-8(13)9(7)12)10(1-2-10)14-5-15/h3-4H,1-2,13H2. The minimum atomic E-state index is -1.07. The second kappa shape index (κ2) is 3.14. The van der Waals surface area contributed by atoms with Gasteiger partial charge in [0.15, 0.2) is 11.6 Å². The predicted octanol–water partition coefficient (Wildman–Crippen LogP) is 1.87. The van der Waals surface area contributed by atoms with Crippen molar-refractivity contribution < 1.29 is 13.6 Å². The fourth-order valence-corrected chi connectivity index (χ4v) is 1.55. The van der Waals surface area contributed by atoms with Crippen LogP contribution in [-0.4, -0.2) is 6.08 Å². The summed E-state index contributed by atoms with van der Waals surface area (Å²) >= 11 is 0. The Morgan fingerprint density at radius 3 is 2.53 bits per heavy atom. The van der Waals surface area contributed by atoms with Gasteiger partial charge in [-0.15, -0.1) is 0 Å². The molecule has 1 aliphatic rings. The summed E-state index contributed by atoms with van der Waals surface area (Å²) < 4.78 is 25.9. The molecule has 0 heterocycles. The van der Waals surface area contributed by atoms with E-state index in [9.17, 15) is 13.6 Å². The number of nitrogens with zero attached hydrogens (tertiary/aromatic N) is 1. The van der Waals surface area contributed by atoms with Crippen molar-refractivity contribution in [3.8, 4) is 0 Å². The molecule has 0 bridgehead atoms. The third-order valence-electron chi connectivity index (χ3n) is 2.58. The van der Waals surface area contributed by atoms with Gasteiger partial charge in [0.1, 0.15) is 0 Å². The van der Waals surface area contributed by atoms with Crippen molar-refractivity contribution in [1.82, 2.24) is 0 Å². The summed E-state index contributed by atoms with van der Waals surface area (Å²) in [5.74, 6) is -2.08. The van der Waals surface area contributed by atoms with Crippen LogP contribution in [0.3, 0.4) is 0 Å². The lowest BCUT2D eigenvalue weighted by Crippen LogP contribution is -2.06. The fourth-order valence-electron chi connectivity index (χ4n) is 1.55. The van der Waals surface area contributed by atoms with E-state index in [0.29, 0.717) is 18.4 Å². The molecule has 1 fully saturated rings. The number of rotatable bonds is 2. The van der Waals surface area contributed by atoms with Crippen LogP contribution in [0.25, 0.3) is 0 Å². The lowest BCUT2D eigenvalue weighted by Gasteiger charge is -2.09. The van der Waals surface area contributed by atoms with Gasteiger partial charge in [0, 0.05) is 0 Å². The largest absolute Gasteiger partial charge is 0.396 e. The SMILES string of the molecule is Nc1cc(C2(N=C=O)CC2)cc(F)c1F. The molecule has 0 radical (unpaired) electrons. The number of anilines is 1. The van der Waals surface area contributed by atoms with Crippen LogP contribution in [-0.2, 0) is 10.3 Å². The molecular weight excluding hydrogens is 202 g/mol. The molecule has 0 atom stereocenters. The number of aliphatic imine (C=N–C) groups is 1. The van der Waals surface area contributed by atoms with Gasteiger partial charge in [-0.2, -0.15) is 4.99 Å². The highest BCUT2D eigenvalue weighted by Gasteiger charge is 2.45. The first kappa shape index (κ1) is 9.80. The third-order valence-corrected chi connectivity index (χ3v) is 2.58. The van der Waals surface area contributed by atoms with Crippen LogP contribution in [0.15, 0.2) is 17.1 Å². The average Bonchev–Trinajstić information content (AvgIpc) is 2.95. The molecule has 1 aromatic carbocycles. The van der Waals surface area contributed by atoms with Gasteiger partial charge >= 0.3 is 0 Å². The Bertz CT molecular complexity index is 439. The summed E-state index contributed by atoms with van der Waals surface area (Å²) in [6.07, 6.45) is 2.70. The first-order valence-corrected chi connectivity index (χ1v) is 4.43. The van der Waals surface area contributed by atoms with Gasteiger partial charge in [0.05, 0.1) is 11.2 Å². The second-order valence-electron chi connectivity index (χ2n) is 3.60. The van der Waals surface area contributed by atoms with Crippen molar-refractivity contribution in [2.75, 3.05) is 5.73 Å². The average molecular weight is 210 g/mol. The van der Waals surface area contributed by atoms with E-state index in [4.69, 9.17) is 5.73 Å². The molecule has 1 aliphatic carbocycles. The maximum Gasteiger partial charge on any atom is 0.235 e. The van der Waals surface area contributed by atoms with E-state index in [1.54, 1.807) is 0 Å². The number of hydrogen-bond donors (Lipinski definition) is 1. The van der Waals surface area contributed by atoms with Gasteiger partial charge in [-0.1, -0.05) is 0 Å². The van der Waals surface area contributed by atoms with Gasteiger partial charge in [0.25, 0.3) is 0 Å². The molecule has 0 saturated heterocycles. The molecule has 3 nitrogen and oxygen atoms in total. The van der Waals surface area contributed by atoms with Crippen LogP contribution in [0.5, 0.6) is 0 Å². The molecule has 1 saturated carbocycles. The summed E-state index contributed by atoms with van der Waals surface area (Å²) in [5.41, 5.74) is 4.74. The summed E-state index contributed by atoms with van der Waals surface area (Å²) in [5, 5.41) is 0. The summed E-state index contributed by atoms with van der Waals surface area (Å²) in [7, 11) is 0. The molecule has 0 aromatic heterocycles. The van der Waals surface area contributed by atoms with Crippen molar-refractivity contribution in [1.29, 1.82) is 0 Å².